The normalized spacial score (nSPS) is 15.4. The van der Waals surface area contributed by atoms with E-state index in [9.17, 15) is 0 Å². The van der Waals surface area contributed by atoms with Crippen LogP contribution in [0.4, 0.5) is 23.1 Å². The molecule has 4 rings (SSSR count). The van der Waals surface area contributed by atoms with Gasteiger partial charge in [-0.25, -0.2) is 15.0 Å². The third kappa shape index (κ3) is 4.87. The second kappa shape index (κ2) is 9.60. The van der Waals surface area contributed by atoms with Crippen LogP contribution in [0.25, 0.3) is 11.4 Å². The Morgan fingerprint density at radius 3 is 2.62 bits per heavy atom. The van der Waals surface area contributed by atoms with Crippen molar-refractivity contribution in [2.75, 3.05) is 49.7 Å². The summed E-state index contributed by atoms with van der Waals surface area (Å²) in [5.41, 5.74) is 9.11. The molecule has 10 nitrogen and oxygen atoms in total. The Bertz CT molecular complexity index is 1080. The molecule has 3 aromatic heterocycles. The molecule has 0 aromatic carbocycles. The highest BCUT2D eigenvalue weighted by Gasteiger charge is 2.21. The van der Waals surface area contributed by atoms with Crippen LogP contribution in [0.5, 0.6) is 0 Å². The minimum Gasteiger partial charge on any atom is -0.386 e. The Morgan fingerprint density at radius 2 is 1.91 bits per heavy atom. The molecule has 0 saturated carbocycles. The molecule has 0 amide bonds. The molecule has 1 aliphatic heterocycles. The van der Waals surface area contributed by atoms with E-state index in [1.54, 1.807) is 20.2 Å². The number of hydrogen-bond acceptors (Lipinski definition) is 10. The van der Waals surface area contributed by atoms with E-state index in [2.05, 4.69) is 42.4 Å². The fourth-order valence-corrected chi connectivity index (χ4v) is 3.80. The Kier molecular flexibility index (Phi) is 6.63. The molecular weight excluding hydrogens is 430 g/mol. The van der Waals surface area contributed by atoms with Crippen LogP contribution in [0, 0.1) is 6.92 Å². The predicted octanol–water partition coefficient (Wildman–Crippen LogP) is 3.05. The maximum absolute atomic E-state index is 6.12. The molecule has 0 spiro atoms. The molecule has 1 unspecified atom stereocenters. The minimum absolute atomic E-state index is 0.160. The van der Waals surface area contributed by atoms with Gasteiger partial charge in [0, 0.05) is 32.4 Å². The largest absolute Gasteiger partial charge is 0.386 e. The zero-order valence-electron chi connectivity index (χ0n) is 18.3. The van der Waals surface area contributed by atoms with Crippen molar-refractivity contribution in [3.05, 3.63) is 41.1 Å². The number of nitrogens with zero attached hydrogens (tertiary/aromatic N) is 6. The lowest BCUT2D eigenvalue weighted by molar-refractivity contribution is 0.0198. The lowest BCUT2D eigenvalue weighted by atomic mass is 10.1. The fourth-order valence-electron chi connectivity index (χ4n) is 3.61. The highest BCUT2D eigenvalue weighted by atomic mass is 35.5. The molecule has 1 atom stereocenters. The van der Waals surface area contributed by atoms with Crippen molar-refractivity contribution in [3.63, 3.8) is 0 Å². The number of pyridine rings is 2. The average molecular weight is 456 g/mol. The zero-order valence-corrected chi connectivity index (χ0v) is 19.0. The van der Waals surface area contributed by atoms with Crippen molar-refractivity contribution >= 4 is 34.7 Å². The molecule has 1 aliphatic rings. The number of ether oxygens (including phenoxy) is 1. The van der Waals surface area contributed by atoms with Gasteiger partial charge in [-0.2, -0.15) is 9.97 Å². The van der Waals surface area contributed by atoms with Gasteiger partial charge >= 0.3 is 0 Å². The smallest absolute Gasteiger partial charge is 0.223 e. The van der Waals surface area contributed by atoms with Crippen LogP contribution in [0.1, 0.15) is 24.4 Å². The number of nitrogens with one attached hydrogen (secondary N) is 2. The Hall–Kier alpha value is -3.08. The van der Waals surface area contributed by atoms with Crippen LogP contribution in [0.2, 0.25) is 5.15 Å². The summed E-state index contributed by atoms with van der Waals surface area (Å²) in [6, 6.07) is 4.07. The molecule has 168 valence electrons. The van der Waals surface area contributed by atoms with Crippen molar-refractivity contribution in [2.24, 2.45) is 0 Å². The maximum atomic E-state index is 6.12. The molecule has 0 radical (unpaired) electrons. The minimum atomic E-state index is 0.160. The monoisotopic (exact) mass is 455 g/mol. The van der Waals surface area contributed by atoms with E-state index in [4.69, 9.17) is 27.1 Å². The molecular formula is C21H26ClN9O. The second-order valence-corrected chi connectivity index (χ2v) is 7.85. The average Bonchev–Trinajstić information content (AvgIpc) is 2.80. The third-order valence-corrected chi connectivity index (χ3v) is 5.66. The van der Waals surface area contributed by atoms with Crippen LogP contribution < -0.4 is 16.4 Å². The number of nitrogen functional groups attached to an aromatic ring is 1. The number of nitrogens with two attached hydrogens (primary N) is 1. The van der Waals surface area contributed by atoms with E-state index in [0.717, 1.165) is 43.1 Å². The maximum Gasteiger partial charge on any atom is 0.223 e. The number of hydrogen-bond donors (Lipinski definition) is 3. The van der Waals surface area contributed by atoms with Gasteiger partial charge in [0.1, 0.15) is 11.6 Å². The molecule has 1 fully saturated rings. The highest BCUT2D eigenvalue weighted by molar-refractivity contribution is 6.32. The van der Waals surface area contributed by atoms with E-state index in [0.29, 0.717) is 28.3 Å². The molecule has 3 aromatic rings. The molecule has 32 heavy (non-hydrogen) atoms. The third-order valence-electron chi connectivity index (χ3n) is 5.36. The Balaban J connectivity index is 1.75. The molecule has 1 saturated heterocycles. The number of morpholine rings is 1. The first-order valence-corrected chi connectivity index (χ1v) is 10.7. The van der Waals surface area contributed by atoms with Crippen molar-refractivity contribution in [3.8, 4) is 11.4 Å². The summed E-state index contributed by atoms with van der Waals surface area (Å²) in [4.78, 5) is 24.3. The number of anilines is 4. The summed E-state index contributed by atoms with van der Waals surface area (Å²) in [6.07, 6.45) is 3.51. The van der Waals surface area contributed by atoms with Gasteiger partial charge in [0.05, 0.1) is 36.3 Å². The van der Waals surface area contributed by atoms with E-state index in [-0.39, 0.29) is 12.0 Å². The van der Waals surface area contributed by atoms with Crippen molar-refractivity contribution in [1.82, 2.24) is 29.8 Å². The van der Waals surface area contributed by atoms with Gasteiger partial charge in [0.25, 0.3) is 0 Å². The number of halogens is 1. The molecule has 11 heteroatoms. The summed E-state index contributed by atoms with van der Waals surface area (Å²) < 4.78 is 5.49. The summed E-state index contributed by atoms with van der Waals surface area (Å²) in [5.74, 6) is 1.74. The van der Waals surface area contributed by atoms with E-state index >= 15 is 0 Å². The van der Waals surface area contributed by atoms with Gasteiger partial charge in [-0.3, -0.25) is 4.90 Å². The Labute approximate surface area is 191 Å². The number of aromatic nitrogens is 5. The predicted molar refractivity (Wildman–Crippen MR) is 125 cm³/mol. The summed E-state index contributed by atoms with van der Waals surface area (Å²) >= 11 is 6.12. The van der Waals surface area contributed by atoms with Gasteiger partial charge in [-0.1, -0.05) is 11.6 Å². The number of aryl methyl sites for hydroxylation is 1. The van der Waals surface area contributed by atoms with Crippen molar-refractivity contribution in [2.45, 2.75) is 19.9 Å². The summed E-state index contributed by atoms with van der Waals surface area (Å²) in [6.45, 7) is 7.14. The first-order chi connectivity index (χ1) is 15.4. The molecule has 4 heterocycles. The number of rotatable bonds is 6. The zero-order chi connectivity index (χ0) is 22.7. The lowest BCUT2D eigenvalue weighted by Gasteiger charge is -2.32. The Morgan fingerprint density at radius 1 is 1.12 bits per heavy atom. The second-order valence-electron chi connectivity index (χ2n) is 7.49. The van der Waals surface area contributed by atoms with E-state index < -0.39 is 0 Å². The van der Waals surface area contributed by atoms with Crippen LogP contribution in [-0.4, -0.2) is 63.2 Å². The molecule has 0 aliphatic carbocycles. The van der Waals surface area contributed by atoms with Gasteiger partial charge in [0.15, 0.2) is 11.0 Å². The molecule has 4 N–H and O–H groups in total. The summed E-state index contributed by atoms with van der Waals surface area (Å²) in [7, 11) is 1.79. The highest BCUT2D eigenvalue weighted by Crippen LogP contribution is 2.32. The lowest BCUT2D eigenvalue weighted by Crippen LogP contribution is -2.38. The molecule has 0 bridgehead atoms. The van der Waals surface area contributed by atoms with Crippen LogP contribution in [0.3, 0.4) is 0 Å². The van der Waals surface area contributed by atoms with Crippen LogP contribution in [0.15, 0.2) is 24.5 Å². The van der Waals surface area contributed by atoms with Gasteiger partial charge in [-0.15, -0.1) is 0 Å². The standard InChI is InChI=1S/C21H26ClN9O/c1-12(31-4-6-32-7-5-31)14-8-16(20-27-13(2)28-21(23)30-20)19(26-10-14)29-15-9-17(24-3)18(22)25-11-15/h8-12,24H,4-7H2,1-3H3,(H,26,29)(H2,23,27,28,30). The SMILES string of the molecule is CNc1cc(Nc2ncc(C(C)N3CCOCC3)cc2-c2nc(C)nc(N)n2)cnc1Cl. The quantitative estimate of drug-likeness (QED) is 0.477. The first-order valence-electron chi connectivity index (χ1n) is 10.3. The summed E-state index contributed by atoms with van der Waals surface area (Å²) in [5, 5.41) is 6.72. The first kappa shape index (κ1) is 22.1. The van der Waals surface area contributed by atoms with Crippen LogP contribution >= 0.6 is 11.6 Å². The van der Waals surface area contributed by atoms with E-state index in [1.165, 1.54) is 0 Å². The van der Waals surface area contributed by atoms with Gasteiger partial charge in [0.2, 0.25) is 5.95 Å². The van der Waals surface area contributed by atoms with Crippen LogP contribution in [-0.2, 0) is 4.74 Å². The van der Waals surface area contributed by atoms with E-state index in [1.807, 2.05) is 18.3 Å². The topological polar surface area (TPSA) is 127 Å². The van der Waals surface area contributed by atoms with Gasteiger partial charge in [-0.05, 0) is 31.5 Å². The van der Waals surface area contributed by atoms with Gasteiger partial charge < -0.3 is 21.1 Å². The van der Waals surface area contributed by atoms with Crippen molar-refractivity contribution in [1.29, 1.82) is 0 Å². The fraction of sp³-hybridized carbons (Fsp3) is 0.381. The van der Waals surface area contributed by atoms with Crippen molar-refractivity contribution < 1.29 is 4.74 Å².